The Balaban J connectivity index is 1.91. The third-order valence-electron chi connectivity index (χ3n) is 3.76. The van der Waals surface area contributed by atoms with Crippen LogP contribution in [-0.4, -0.2) is 41.3 Å². The standard InChI is InChI=1S/C15H18F3N3O2S/c1-2-12(22)19-6-5-13(23)21-7-3-4-10(8-21)14-20-11(9-24-14)15(16,17)18/h2,9-10H,1,3-8H2,(H,19,22). The van der Waals surface area contributed by atoms with Crippen LogP contribution in [0.25, 0.3) is 0 Å². The minimum Gasteiger partial charge on any atom is -0.352 e. The lowest BCUT2D eigenvalue weighted by molar-refractivity contribution is -0.141. The molecule has 132 valence electrons. The SMILES string of the molecule is C=CC(=O)NCCC(=O)N1CCCC(c2nc(C(F)(F)F)cs2)C1. The van der Waals surface area contributed by atoms with Gasteiger partial charge in [0.1, 0.15) is 0 Å². The van der Waals surface area contributed by atoms with E-state index in [2.05, 4.69) is 16.9 Å². The van der Waals surface area contributed by atoms with Gasteiger partial charge in [-0.05, 0) is 18.9 Å². The molecule has 1 aromatic heterocycles. The van der Waals surface area contributed by atoms with E-state index in [0.29, 0.717) is 24.5 Å². The second kappa shape index (κ2) is 7.78. The van der Waals surface area contributed by atoms with Crippen molar-refractivity contribution in [3.8, 4) is 0 Å². The number of nitrogens with zero attached hydrogens (tertiary/aromatic N) is 2. The second-order valence-electron chi connectivity index (χ2n) is 5.49. The number of carbonyl (C=O) groups is 2. The van der Waals surface area contributed by atoms with Crippen molar-refractivity contribution in [2.45, 2.75) is 31.4 Å². The van der Waals surface area contributed by atoms with Gasteiger partial charge in [-0.15, -0.1) is 11.3 Å². The van der Waals surface area contributed by atoms with Crippen molar-refractivity contribution in [3.05, 3.63) is 28.7 Å². The average Bonchev–Trinajstić information content (AvgIpc) is 3.05. The molecule has 0 bridgehead atoms. The quantitative estimate of drug-likeness (QED) is 0.820. The number of likely N-dealkylation sites (tertiary alicyclic amines) is 1. The highest BCUT2D eigenvalue weighted by atomic mass is 32.1. The lowest BCUT2D eigenvalue weighted by Crippen LogP contribution is -2.40. The number of hydrogen-bond donors (Lipinski definition) is 1. The van der Waals surface area contributed by atoms with Crippen LogP contribution in [0.15, 0.2) is 18.0 Å². The normalized spacial score (nSPS) is 18.3. The Morgan fingerprint density at radius 2 is 2.25 bits per heavy atom. The molecule has 24 heavy (non-hydrogen) atoms. The maximum atomic E-state index is 12.6. The van der Waals surface area contributed by atoms with Gasteiger partial charge in [0.05, 0.1) is 5.01 Å². The highest BCUT2D eigenvalue weighted by molar-refractivity contribution is 7.09. The van der Waals surface area contributed by atoms with E-state index in [4.69, 9.17) is 0 Å². The number of thiazole rings is 1. The summed E-state index contributed by atoms with van der Waals surface area (Å²) in [6, 6.07) is 0. The van der Waals surface area contributed by atoms with Crippen molar-refractivity contribution in [2.24, 2.45) is 0 Å². The molecule has 5 nitrogen and oxygen atoms in total. The first kappa shape index (κ1) is 18.4. The number of piperidine rings is 1. The maximum absolute atomic E-state index is 12.6. The highest BCUT2D eigenvalue weighted by Crippen LogP contribution is 2.35. The number of halogens is 3. The molecule has 1 N–H and O–H groups in total. The number of nitrogens with one attached hydrogen (secondary N) is 1. The van der Waals surface area contributed by atoms with Crippen LogP contribution in [0.5, 0.6) is 0 Å². The minimum absolute atomic E-state index is 0.128. The van der Waals surface area contributed by atoms with Crippen molar-refractivity contribution in [1.82, 2.24) is 15.2 Å². The van der Waals surface area contributed by atoms with E-state index in [-0.39, 0.29) is 30.7 Å². The highest BCUT2D eigenvalue weighted by Gasteiger charge is 2.35. The van der Waals surface area contributed by atoms with Gasteiger partial charge in [0.2, 0.25) is 11.8 Å². The van der Waals surface area contributed by atoms with Gasteiger partial charge in [-0.3, -0.25) is 9.59 Å². The molecular weight excluding hydrogens is 343 g/mol. The van der Waals surface area contributed by atoms with Crippen molar-refractivity contribution in [2.75, 3.05) is 19.6 Å². The van der Waals surface area contributed by atoms with Crippen LogP contribution < -0.4 is 5.32 Å². The molecular formula is C15H18F3N3O2S. The molecule has 2 rings (SSSR count). The van der Waals surface area contributed by atoms with E-state index in [9.17, 15) is 22.8 Å². The largest absolute Gasteiger partial charge is 0.434 e. The van der Waals surface area contributed by atoms with E-state index in [1.54, 1.807) is 4.90 Å². The smallest absolute Gasteiger partial charge is 0.352 e. The lowest BCUT2D eigenvalue weighted by Gasteiger charge is -2.32. The number of carbonyl (C=O) groups excluding carboxylic acids is 2. The van der Waals surface area contributed by atoms with Crippen molar-refractivity contribution in [3.63, 3.8) is 0 Å². The zero-order chi connectivity index (χ0) is 17.7. The van der Waals surface area contributed by atoms with Crippen LogP contribution in [0.1, 0.15) is 35.9 Å². The van der Waals surface area contributed by atoms with Gasteiger partial charge in [0.25, 0.3) is 0 Å². The zero-order valence-corrected chi connectivity index (χ0v) is 13.8. The molecule has 0 aliphatic carbocycles. The number of rotatable bonds is 5. The molecule has 9 heteroatoms. The molecule has 1 aromatic rings. The fourth-order valence-electron chi connectivity index (χ4n) is 2.53. The molecule has 0 radical (unpaired) electrons. The Morgan fingerprint density at radius 1 is 1.50 bits per heavy atom. The van der Waals surface area contributed by atoms with Crippen molar-refractivity contribution >= 4 is 23.2 Å². The Labute approximate surface area is 141 Å². The summed E-state index contributed by atoms with van der Waals surface area (Å²) in [7, 11) is 0. The fourth-order valence-corrected chi connectivity index (χ4v) is 3.49. The molecule has 1 aliphatic heterocycles. The zero-order valence-electron chi connectivity index (χ0n) is 12.9. The molecule has 2 heterocycles. The van der Waals surface area contributed by atoms with Crippen molar-refractivity contribution in [1.29, 1.82) is 0 Å². The number of amides is 2. The summed E-state index contributed by atoms with van der Waals surface area (Å²) in [5, 5.41) is 3.96. The van der Waals surface area contributed by atoms with Gasteiger partial charge >= 0.3 is 6.18 Å². The van der Waals surface area contributed by atoms with E-state index >= 15 is 0 Å². The first-order chi connectivity index (χ1) is 11.3. The van der Waals surface area contributed by atoms with E-state index in [1.165, 1.54) is 0 Å². The molecule has 0 spiro atoms. The number of alkyl halides is 3. The van der Waals surface area contributed by atoms with Gasteiger partial charge in [0, 0.05) is 37.4 Å². The third kappa shape index (κ3) is 4.80. The summed E-state index contributed by atoms with van der Waals surface area (Å²) < 4.78 is 37.9. The number of hydrogen-bond acceptors (Lipinski definition) is 4. The van der Waals surface area contributed by atoms with Crippen LogP contribution >= 0.6 is 11.3 Å². The summed E-state index contributed by atoms with van der Waals surface area (Å²) >= 11 is 0.984. The first-order valence-corrected chi connectivity index (χ1v) is 8.40. The molecule has 1 atom stereocenters. The van der Waals surface area contributed by atoms with Crippen LogP contribution in [-0.2, 0) is 15.8 Å². The Hall–Kier alpha value is -1.90. The summed E-state index contributed by atoms with van der Waals surface area (Å²) in [5.41, 5.74) is -0.877. The van der Waals surface area contributed by atoms with Crippen LogP contribution in [0.3, 0.4) is 0 Å². The Bertz CT molecular complexity index is 615. The molecule has 1 saturated heterocycles. The Kier molecular flexibility index (Phi) is 5.98. The third-order valence-corrected chi connectivity index (χ3v) is 4.77. The van der Waals surface area contributed by atoms with Gasteiger partial charge in [-0.25, -0.2) is 4.98 Å². The molecule has 0 saturated carbocycles. The Morgan fingerprint density at radius 3 is 2.88 bits per heavy atom. The molecule has 1 unspecified atom stereocenters. The van der Waals surface area contributed by atoms with E-state index < -0.39 is 11.9 Å². The van der Waals surface area contributed by atoms with Crippen LogP contribution in [0.4, 0.5) is 13.2 Å². The fraction of sp³-hybridized carbons (Fsp3) is 0.533. The molecule has 1 fully saturated rings. The summed E-state index contributed by atoms with van der Waals surface area (Å²) in [4.78, 5) is 28.5. The maximum Gasteiger partial charge on any atom is 0.434 e. The van der Waals surface area contributed by atoms with Crippen LogP contribution in [0.2, 0.25) is 0 Å². The van der Waals surface area contributed by atoms with Crippen LogP contribution in [0, 0.1) is 0 Å². The second-order valence-corrected chi connectivity index (χ2v) is 6.38. The predicted octanol–water partition coefficient (Wildman–Crippen LogP) is 2.56. The van der Waals surface area contributed by atoms with Gasteiger partial charge < -0.3 is 10.2 Å². The summed E-state index contributed by atoms with van der Waals surface area (Å²) in [6.07, 6.45) is -1.74. The minimum atomic E-state index is -4.44. The first-order valence-electron chi connectivity index (χ1n) is 7.52. The van der Waals surface area contributed by atoms with Gasteiger partial charge in [-0.2, -0.15) is 13.2 Å². The van der Waals surface area contributed by atoms with E-state index in [0.717, 1.165) is 29.2 Å². The van der Waals surface area contributed by atoms with Crippen molar-refractivity contribution < 1.29 is 22.8 Å². The molecule has 2 amide bonds. The monoisotopic (exact) mass is 361 g/mol. The summed E-state index contributed by atoms with van der Waals surface area (Å²) in [6.45, 7) is 4.46. The van der Waals surface area contributed by atoms with Gasteiger partial charge in [-0.1, -0.05) is 6.58 Å². The lowest BCUT2D eigenvalue weighted by atomic mass is 9.98. The summed E-state index contributed by atoms with van der Waals surface area (Å²) in [5.74, 6) is -0.648. The molecule has 0 aromatic carbocycles. The predicted molar refractivity (Wildman–Crippen MR) is 83.5 cm³/mol. The van der Waals surface area contributed by atoms with Gasteiger partial charge in [0.15, 0.2) is 5.69 Å². The topological polar surface area (TPSA) is 62.3 Å². The number of aromatic nitrogens is 1. The van der Waals surface area contributed by atoms with E-state index in [1.807, 2.05) is 0 Å². The molecule has 1 aliphatic rings. The average molecular weight is 361 g/mol.